The number of nitrogens with one attached hydrogen (secondary N) is 2. The van der Waals surface area contributed by atoms with Crippen LogP contribution in [0.1, 0.15) is 52.4 Å². The van der Waals surface area contributed by atoms with Gasteiger partial charge in [0.25, 0.3) is 11.8 Å². The van der Waals surface area contributed by atoms with Crippen LogP contribution in [0.25, 0.3) is 0 Å². The van der Waals surface area contributed by atoms with Gasteiger partial charge in [-0.3, -0.25) is 14.7 Å². The molecule has 0 aliphatic carbocycles. The third-order valence-electron chi connectivity index (χ3n) is 5.36. The SMILES string of the molecule is CC[C@H](C)CNC(=O)c1n[nH]c2c1CN(C(=O)c1ccc3c(c1)OCO3)CC2. The zero-order valence-corrected chi connectivity index (χ0v) is 16.1. The summed E-state index contributed by atoms with van der Waals surface area (Å²) in [7, 11) is 0. The fraction of sp³-hybridized carbons (Fsp3) is 0.450. The second kappa shape index (κ2) is 7.53. The van der Waals surface area contributed by atoms with Gasteiger partial charge in [0.05, 0.1) is 6.54 Å². The number of benzene rings is 1. The quantitative estimate of drug-likeness (QED) is 0.823. The van der Waals surface area contributed by atoms with Crippen LogP contribution >= 0.6 is 0 Å². The van der Waals surface area contributed by atoms with Crippen molar-refractivity contribution in [3.8, 4) is 11.5 Å². The maximum atomic E-state index is 13.0. The largest absolute Gasteiger partial charge is 0.454 e. The van der Waals surface area contributed by atoms with Crippen LogP contribution < -0.4 is 14.8 Å². The van der Waals surface area contributed by atoms with Gasteiger partial charge in [-0.15, -0.1) is 0 Å². The van der Waals surface area contributed by atoms with E-state index in [4.69, 9.17) is 9.47 Å². The number of rotatable bonds is 5. The van der Waals surface area contributed by atoms with Crippen LogP contribution in [0.3, 0.4) is 0 Å². The van der Waals surface area contributed by atoms with Crippen LogP contribution in [0.15, 0.2) is 18.2 Å². The summed E-state index contributed by atoms with van der Waals surface area (Å²) in [5.41, 5.74) is 2.63. The van der Waals surface area contributed by atoms with Crippen LogP contribution in [-0.4, -0.2) is 46.8 Å². The molecule has 28 heavy (non-hydrogen) atoms. The van der Waals surface area contributed by atoms with Crippen molar-refractivity contribution in [2.75, 3.05) is 19.9 Å². The third kappa shape index (κ3) is 3.42. The van der Waals surface area contributed by atoms with Crippen molar-refractivity contribution in [1.29, 1.82) is 0 Å². The number of aromatic nitrogens is 2. The smallest absolute Gasteiger partial charge is 0.272 e. The van der Waals surface area contributed by atoms with Crippen molar-refractivity contribution < 1.29 is 19.1 Å². The zero-order chi connectivity index (χ0) is 19.7. The Balaban J connectivity index is 1.49. The monoisotopic (exact) mass is 384 g/mol. The Bertz CT molecular complexity index is 908. The van der Waals surface area contributed by atoms with Gasteiger partial charge in [0, 0.05) is 36.3 Å². The summed E-state index contributed by atoms with van der Waals surface area (Å²) in [6.07, 6.45) is 1.63. The Morgan fingerprint density at radius 2 is 2.14 bits per heavy atom. The Morgan fingerprint density at radius 3 is 2.96 bits per heavy atom. The molecule has 4 rings (SSSR count). The van der Waals surface area contributed by atoms with Crippen LogP contribution in [0.5, 0.6) is 11.5 Å². The summed E-state index contributed by atoms with van der Waals surface area (Å²) >= 11 is 0. The average molecular weight is 384 g/mol. The minimum absolute atomic E-state index is 0.101. The minimum atomic E-state index is -0.199. The number of carbonyl (C=O) groups excluding carboxylic acids is 2. The van der Waals surface area contributed by atoms with Gasteiger partial charge in [0.15, 0.2) is 17.2 Å². The van der Waals surface area contributed by atoms with Crippen molar-refractivity contribution in [2.24, 2.45) is 5.92 Å². The molecule has 0 radical (unpaired) electrons. The molecule has 0 spiro atoms. The molecule has 0 saturated heterocycles. The van der Waals surface area contributed by atoms with Crippen LogP contribution in [-0.2, 0) is 13.0 Å². The second-order valence-electron chi connectivity index (χ2n) is 7.30. The molecule has 0 unspecified atom stereocenters. The molecule has 1 aromatic carbocycles. The summed E-state index contributed by atoms with van der Waals surface area (Å²) in [5.74, 6) is 1.33. The van der Waals surface area contributed by atoms with E-state index in [9.17, 15) is 9.59 Å². The first kappa shape index (κ1) is 18.3. The molecule has 2 aliphatic rings. The highest BCUT2D eigenvalue weighted by Gasteiger charge is 2.29. The van der Waals surface area contributed by atoms with Crippen molar-refractivity contribution in [1.82, 2.24) is 20.4 Å². The second-order valence-corrected chi connectivity index (χ2v) is 7.30. The van der Waals surface area contributed by atoms with E-state index in [-0.39, 0.29) is 18.6 Å². The van der Waals surface area contributed by atoms with Crippen molar-refractivity contribution >= 4 is 11.8 Å². The number of amides is 2. The van der Waals surface area contributed by atoms with Crippen LogP contribution in [0.4, 0.5) is 0 Å². The van der Waals surface area contributed by atoms with E-state index in [0.29, 0.717) is 54.7 Å². The number of aromatic amines is 1. The number of hydrogen-bond donors (Lipinski definition) is 2. The third-order valence-corrected chi connectivity index (χ3v) is 5.36. The molecule has 8 heteroatoms. The Hall–Kier alpha value is -3.03. The molecule has 2 amide bonds. The lowest BCUT2D eigenvalue weighted by Crippen LogP contribution is -2.37. The van der Waals surface area contributed by atoms with Gasteiger partial charge in [-0.2, -0.15) is 5.10 Å². The first-order chi connectivity index (χ1) is 13.6. The van der Waals surface area contributed by atoms with Crippen LogP contribution in [0.2, 0.25) is 0 Å². The number of ether oxygens (including phenoxy) is 2. The molecule has 1 atom stereocenters. The van der Waals surface area contributed by atoms with Gasteiger partial charge >= 0.3 is 0 Å². The Morgan fingerprint density at radius 1 is 1.32 bits per heavy atom. The lowest BCUT2D eigenvalue weighted by molar-refractivity contribution is 0.0731. The molecule has 2 N–H and O–H groups in total. The first-order valence-corrected chi connectivity index (χ1v) is 9.60. The van der Waals surface area contributed by atoms with Crippen molar-refractivity contribution in [3.05, 3.63) is 40.7 Å². The highest BCUT2D eigenvalue weighted by atomic mass is 16.7. The fourth-order valence-electron chi connectivity index (χ4n) is 3.36. The molecular formula is C20H24N4O4. The molecule has 2 aromatic rings. The maximum Gasteiger partial charge on any atom is 0.272 e. The predicted octanol–water partition coefficient (Wildman–Crippen LogP) is 2.11. The lowest BCUT2D eigenvalue weighted by Gasteiger charge is -2.27. The number of hydrogen-bond acceptors (Lipinski definition) is 5. The summed E-state index contributed by atoms with van der Waals surface area (Å²) in [5, 5.41) is 10.1. The fourth-order valence-corrected chi connectivity index (χ4v) is 3.36. The summed E-state index contributed by atoms with van der Waals surface area (Å²) < 4.78 is 10.7. The van der Waals surface area contributed by atoms with Gasteiger partial charge < -0.3 is 19.7 Å². The highest BCUT2D eigenvalue weighted by molar-refractivity contribution is 5.96. The van der Waals surface area contributed by atoms with E-state index < -0.39 is 0 Å². The van der Waals surface area contributed by atoms with E-state index >= 15 is 0 Å². The molecule has 8 nitrogen and oxygen atoms in total. The summed E-state index contributed by atoms with van der Waals surface area (Å²) in [6.45, 7) is 5.88. The summed E-state index contributed by atoms with van der Waals surface area (Å²) in [4.78, 5) is 27.2. The minimum Gasteiger partial charge on any atom is -0.454 e. The molecule has 148 valence electrons. The van der Waals surface area contributed by atoms with Crippen LogP contribution in [0, 0.1) is 5.92 Å². The topological polar surface area (TPSA) is 96.6 Å². The maximum absolute atomic E-state index is 13.0. The molecule has 1 aromatic heterocycles. The van der Waals surface area contributed by atoms with Gasteiger partial charge in [-0.1, -0.05) is 20.3 Å². The predicted molar refractivity (Wildman–Crippen MR) is 101 cm³/mol. The number of H-pyrrole nitrogens is 1. The zero-order valence-electron chi connectivity index (χ0n) is 16.1. The lowest BCUT2D eigenvalue weighted by atomic mass is 10.0. The highest BCUT2D eigenvalue weighted by Crippen LogP contribution is 2.33. The normalized spacial score (nSPS) is 15.9. The average Bonchev–Trinajstić information content (AvgIpc) is 3.36. The number of fused-ring (bicyclic) bond motifs is 2. The Kier molecular flexibility index (Phi) is 4.93. The standard InChI is InChI=1S/C20H24N4O4/c1-3-12(2)9-21-19(25)18-14-10-24(7-6-15(14)22-23-18)20(26)13-4-5-16-17(8-13)28-11-27-16/h4-5,8,12H,3,6-7,9-11H2,1-2H3,(H,21,25)(H,22,23)/t12-/m0/s1. The van der Waals surface area contributed by atoms with Crippen molar-refractivity contribution in [3.63, 3.8) is 0 Å². The van der Waals surface area contributed by atoms with Gasteiger partial charge in [0.1, 0.15) is 0 Å². The molecule has 2 aliphatic heterocycles. The molecule has 0 saturated carbocycles. The van der Waals surface area contributed by atoms with E-state index in [0.717, 1.165) is 17.7 Å². The molecular weight excluding hydrogens is 360 g/mol. The summed E-state index contributed by atoms with van der Waals surface area (Å²) in [6, 6.07) is 5.19. The van der Waals surface area contributed by atoms with E-state index in [1.165, 1.54) is 0 Å². The number of carbonyl (C=O) groups is 2. The van der Waals surface area contributed by atoms with Gasteiger partial charge in [-0.25, -0.2) is 0 Å². The molecule has 3 heterocycles. The first-order valence-electron chi connectivity index (χ1n) is 9.60. The van der Waals surface area contributed by atoms with Gasteiger partial charge in [-0.05, 0) is 24.1 Å². The Labute approximate surface area is 163 Å². The van der Waals surface area contributed by atoms with E-state index in [1.807, 2.05) is 0 Å². The van der Waals surface area contributed by atoms with E-state index in [1.54, 1.807) is 23.1 Å². The molecule has 0 fully saturated rings. The molecule has 0 bridgehead atoms. The number of nitrogens with zero attached hydrogens (tertiary/aromatic N) is 2. The van der Waals surface area contributed by atoms with E-state index in [2.05, 4.69) is 29.4 Å². The van der Waals surface area contributed by atoms with Gasteiger partial charge in [0.2, 0.25) is 6.79 Å². The van der Waals surface area contributed by atoms with Crippen molar-refractivity contribution in [2.45, 2.75) is 33.2 Å².